The molecule has 0 aliphatic carbocycles. The average Bonchev–Trinajstić information content (AvgIpc) is 3.11. The van der Waals surface area contributed by atoms with Gasteiger partial charge in [-0.3, -0.25) is 9.69 Å². The first-order valence-corrected chi connectivity index (χ1v) is 8.86. The molecule has 2 aromatic carbocycles. The van der Waals surface area contributed by atoms with Crippen LogP contribution in [0.2, 0.25) is 5.02 Å². The van der Waals surface area contributed by atoms with Gasteiger partial charge >= 0.3 is 0 Å². The molecule has 1 amide bonds. The van der Waals surface area contributed by atoms with E-state index in [1.165, 1.54) is 12.8 Å². The van der Waals surface area contributed by atoms with Crippen LogP contribution in [0.4, 0.5) is 0 Å². The zero-order valence-corrected chi connectivity index (χ0v) is 14.7. The van der Waals surface area contributed by atoms with Crippen LogP contribution in [-0.4, -0.2) is 30.4 Å². The summed E-state index contributed by atoms with van der Waals surface area (Å²) in [7, 11) is 0. The molecule has 0 spiro atoms. The predicted octanol–water partition coefficient (Wildman–Crippen LogP) is 4.22. The van der Waals surface area contributed by atoms with Gasteiger partial charge < -0.3 is 5.32 Å². The van der Waals surface area contributed by atoms with Gasteiger partial charge in [0.15, 0.2) is 0 Å². The summed E-state index contributed by atoms with van der Waals surface area (Å²) in [6.45, 7) is 4.66. The summed E-state index contributed by atoms with van der Waals surface area (Å²) in [6, 6.07) is 15.7. The van der Waals surface area contributed by atoms with Crippen molar-refractivity contribution in [2.75, 3.05) is 19.6 Å². The van der Waals surface area contributed by atoms with Crippen molar-refractivity contribution in [1.29, 1.82) is 0 Å². The maximum absolute atomic E-state index is 12.5. The number of hydrogen-bond acceptors (Lipinski definition) is 2. The van der Waals surface area contributed by atoms with Crippen LogP contribution in [0.25, 0.3) is 0 Å². The maximum Gasteiger partial charge on any atom is 0.251 e. The minimum atomic E-state index is -0.0325. The van der Waals surface area contributed by atoms with Gasteiger partial charge in [0.25, 0.3) is 5.91 Å². The summed E-state index contributed by atoms with van der Waals surface area (Å²) in [4.78, 5) is 14.9. The molecule has 2 aromatic rings. The molecule has 1 fully saturated rings. The molecular weight excluding hydrogens is 320 g/mol. The minimum absolute atomic E-state index is 0.0325. The Hall–Kier alpha value is -1.84. The number of benzene rings is 2. The fraction of sp³-hybridized carbons (Fsp3) is 0.350. The molecule has 0 saturated carbocycles. The molecule has 4 heteroatoms. The quantitative estimate of drug-likeness (QED) is 0.882. The molecule has 0 bridgehead atoms. The predicted molar refractivity (Wildman–Crippen MR) is 98.5 cm³/mol. The number of amides is 1. The number of carbonyl (C=O) groups excluding carboxylic acids is 1. The van der Waals surface area contributed by atoms with Crippen LogP contribution in [0.1, 0.15) is 40.4 Å². The van der Waals surface area contributed by atoms with Crippen molar-refractivity contribution < 1.29 is 4.79 Å². The van der Waals surface area contributed by atoms with Crippen molar-refractivity contribution in [2.24, 2.45) is 0 Å². The van der Waals surface area contributed by atoms with Gasteiger partial charge in [0.2, 0.25) is 0 Å². The highest BCUT2D eigenvalue weighted by atomic mass is 35.5. The van der Waals surface area contributed by atoms with Gasteiger partial charge in [0.05, 0.1) is 6.04 Å². The highest BCUT2D eigenvalue weighted by Gasteiger charge is 2.25. The second-order valence-electron chi connectivity index (χ2n) is 6.36. The van der Waals surface area contributed by atoms with Crippen LogP contribution >= 0.6 is 11.6 Å². The Morgan fingerprint density at radius 1 is 1.17 bits per heavy atom. The molecule has 126 valence electrons. The van der Waals surface area contributed by atoms with E-state index < -0.39 is 0 Å². The number of carbonyl (C=O) groups is 1. The Bertz CT molecular complexity index is 710. The molecule has 1 aliphatic heterocycles. The lowest BCUT2D eigenvalue weighted by atomic mass is 10.0. The molecular formula is C20H23ClN2O. The minimum Gasteiger partial charge on any atom is -0.350 e. The monoisotopic (exact) mass is 342 g/mol. The molecule has 1 N–H and O–H groups in total. The third kappa shape index (κ3) is 3.97. The van der Waals surface area contributed by atoms with Gasteiger partial charge in [-0.1, -0.05) is 47.5 Å². The number of halogens is 1. The molecule has 0 unspecified atom stereocenters. The van der Waals surface area contributed by atoms with Gasteiger partial charge in [-0.2, -0.15) is 0 Å². The van der Waals surface area contributed by atoms with Crippen molar-refractivity contribution in [3.05, 3.63) is 70.2 Å². The SMILES string of the molecule is Cc1cccc(C(=O)NC[C@@H](c2ccccc2Cl)N2CCCC2)c1. The van der Waals surface area contributed by atoms with Crippen molar-refractivity contribution in [3.8, 4) is 0 Å². The number of aryl methyl sites for hydroxylation is 1. The molecule has 1 aliphatic rings. The Morgan fingerprint density at radius 2 is 1.92 bits per heavy atom. The van der Waals surface area contributed by atoms with Crippen molar-refractivity contribution in [1.82, 2.24) is 10.2 Å². The van der Waals surface area contributed by atoms with E-state index in [4.69, 9.17) is 11.6 Å². The van der Waals surface area contributed by atoms with E-state index in [1.807, 2.05) is 49.4 Å². The molecule has 1 saturated heterocycles. The average molecular weight is 343 g/mol. The molecule has 0 radical (unpaired) electrons. The Balaban J connectivity index is 1.75. The summed E-state index contributed by atoms with van der Waals surface area (Å²) < 4.78 is 0. The van der Waals surface area contributed by atoms with Crippen molar-refractivity contribution in [3.63, 3.8) is 0 Å². The largest absolute Gasteiger partial charge is 0.350 e. The topological polar surface area (TPSA) is 32.3 Å². The smallest absolute Gasteiger partial charge is 0.251 e. The molecule has 24 heavy (non-hydrogen) atoms. The third-order valence-corrected chi connectivity index (χ3v) is 4.93. The van der Waals surface area contributed by atoms with Crippen LogP contribution < -0.4 is 5.32 Å². The number of nitrogens with one attached hydrogen (secondary N) is 1. The Kier molecular flexibility index (Phi) is 5.54. The zero-order chi connectivity index (χ0) is 16.9. The standard InChI is InChI=1S/C20H23ClN2O/c1-15-7-6-8-16(13-15)20(24)22-14-19(23-11-4-5-12-23)17-9-2-3-10-18(17)21/h2-3,6-10,13,19H,4-5,11-12,14H2,1H3,(H,22,24)/t19-/m0/s1. The van der Waals surface area contributed by atoms with E-state index in [0.29, 0.717) is 12.1 Å². The first kappa shape index (κ1) is 17.0. The van der Waals surface area contributed by atoms with Gasteiger partial charge in [0.1, 0.15) is 0 Å². The van der Waals surface area contributed by atoms with Crippen LogP contribution in [-0.2, 0) is 0 Å². The van der Waals surface area contributed by atoms with Crippen LogP contribution in [0.3, 0.4) is 0 Å². The van der Waals surface area contributed by atoms with Crippen molar-refractivity contribution >= 4 is 17.5 Å². The van der Waals surface area contributed by atoms with Gasteiger partial charge in [-0.05, 0) is 56.6 Å². The summed E-state index contributed by atoms with van der Waals surface area (Å²) in [5.74, 6) is -0.0325. The number of likely N-dealkylation sites (tertiary alicyclic amines) is 1. The second-order valence-corrected chi connectivity index (χ2v) is 6.77. The van der Waals surface area contributed by atoms with Crippen LogP contribution in [0, 0.1) is 6.92 Å². The molecule has 1 atom stereocenters. The third-order valence-electron chi connectivity index (χ3n) is 4.58. The van der Waals surface area contributed by atoms with Crippen LogP contribution in [0.15, 0.2) is 48.5 Å². The van der Waals surface area contributed by atoms with E-state index in [1.54, 1.807) is 0 Å². The lowest BCUT2D eigenvalue weighted by Gasteiger charge is -2.29. The molecule has 3 rings (SSSR count). The molecule has 1 heterocycles. The van der Waals surface area contributed by atoms with E-state index in [9.17, 15) is 4.79 Å². The fourth-order valence-electron chi connectivity index (χ4n) is 3.31. The summed E-state index contributed by atoms with van der Waals surface area (Å²) >= 11 is 6.41. The van der Waals surface area contributed by atoms with E-state index in [2.05, 4.69) is 16.3 Å². The highest BCUT2D eigenvalue weighted by molar-refractivity contribution is 6.31. The molecule has 0 aromatic heterocycles. The Labute approximate surface area is 148 Å². The lowest BCUT2D eigenvalue weighted by molar-refractivity contribution is 0.0938. The summed E-state index contributed by atoms with van der Waals surface area (Å²) in [6.07, 6.45) is 2.40. The van der Waals surface area contributed by atoms with E-state index in [-0.39, 0.29) is 11.9 Å². The number of hydrogen-bond donors (Lipinski definition) is 1. The van der Waals surface area contributed by atoms with Crippen LogP contribution in [0.5, 0.6) is 0 Å². The van der Waals surface area contributed by atoms with Gasteiger partial charge in [0, 0.05) is 17.1 Å². The highest BCUT2D eigenvalue weighted by Crippen LogP contribution is 2.29. The van der Waals surface area contributed by atoms with E-state index >= 15 is 0 Å². The zero-order valence-electron chi connectivity index (χ0n) is 14.0. The Morgan fingerprint density at radius 3 is 2.62 bits per heavy atom. The summed E-state index contributed by atoms with van der Waals surface area (Å²) in [5, 5.41) is 3.85. The number of rotatable bonds is 5. The fourth-order valence-corrected chi connectivity index (χ4v) is 3.57. The summed E-state index contributed by atoms with van der Waals surface area (Å²) in [5.41, 5.74) is 2.88. The van der Waals surface area contributed by atoms with Crippen molar-refractivity contribution in [2.45, 2.75) is 25.8 Å². The first-order chi connectivity index (χ1) is 11.6. The maximum atomic E-state index is 12.5. The molecule has 3 nitrogen and oxygen atoms in total. The lowest BCUT2D eigenvalue weighted by Crippen LogP contribution is -2.37. The number of nitrogens with zero attached hydrogens (tertiary/aromatic N) is 1. The van der Waals surface area contributed by atoms with Gasteiger partial charge in [-0.25, -0.2) is 0 Å². The second kappa shape index (κ2) is 7.82. The normalized spacial score (nSPS) is 16.1. The first-order valence-electron chi connectivity index (χ1n) is 8.48. The van der Waals surface area contributed by atoms with E-state index in [0.717, 1.165) is 29.2 Å². The van der Waals surface area contributed by atoms with Gasteiger partial charge in [-0.15, -0.1) is 0 Å².